The zero-order chi connectivity index (χ0) is 14.9. The second-order valence-electron chi connectivity index (χ2n) is 4.12. The molecule has 0 saturated carbocycles. The molecule has 0 atom stereocenters. The van der Waals surface area contributed by atoms with E-state index in [-0.39, 0.29) is 6.42 Å². The van der Waals surface area contributed by atoms with Crippen LogP contribution in [0.1, 0.15) is 5.56 Å². The van der Waals surface area contributed by atoms with Gasteiger partial charge in [0.2, 0.25) is 0 Å². The number of halogens is 4. The Morgan fingerprint density at radius 3 is 2.10 bits per heavy atom. The van der Waals surface area contributed by atoms with Crippen LogP contribution in [0.4, 0.5) is 0 Å². The third-order valence-corrected chi connectivity index (χ3v) is 3.74. The standard InChI is InChI=1S/C14H8Cl4O2/c15-8-2-1-7(3-13(19)20)10(4-8)14-11(17)5-9(16)6-12(14)18/h1-2,4-6H,3H2,(H,19,20). The van der Waals surface area contributed by atoms with Crippen LogP contribution < -0.4 is 0 Å². The highest BCUT2D eigenvalue weighted by Crippen LogP contribution is 2.39. The topological polar surface area (TPSA) is 37.3 Å². The highest BCUT2D eigenvalue weighted by Gasteiger charge is 2.16. The van der Waals surface area contributed by atoms with Crippen molar-refractivity contribution < 1.29 is 9.90 Å². The van der Waals surface area contributed by atoms with Gasteiger partial charge in [0.25, 0.3) is 0 Å². The van der Waals surface area contributed by atoms with E-state index in [4.69, 9.17) is 51.5 Å². The van der Waals surface area contributed by atoms with Gasteiger partial charge in [0, 0.05) is 15.6 Å². The zero-order valence-electron chi connectivity index (χ0n) is 9.96. The van der Waals surface area contributed by atoms with Gasteiger partial charge in [0.1, 0.15) is 0 Å². The van der Waals surface area contributed by atoms with E-state index in [0.29, 0.717) is 36.8 Å². The predicted octanol–water partition coefficient (Wildman–Crippen LogP) is 5.59. The van der Waals surface area contributed by atoms with E-state index in [0.717, 1.165) is 0 Å². The van der Waals surface area contributed by atoms with Gasteiger partial charge in [0.15, 0.2) is 0 Å². The lowest BCUT2D eigenvalue weighted by Gasteiger charge is -2.13. The minimum Gasteiger partial charge on any atom is -0.481 e. The lowest BCUT2D eigenvalue weighted by molar-refractivity contribution is -0.136. The first-order chi connectivity index (χ1) is 9.38. The van der Waals surface area contributed by atoms with E-state index in [1.54, 1.807) is 30.3 Å². The number of carbonyl (C=O) groups is 1. The van der Waals surface area contributed by atoms with Gasteiger partial charge in [-0.05, 0) is 35.4 Å². The maximum atomic E-state index is 10.9. The molecule has 0 aliphatic heterocycles. The van der Waals surface area contributed by atoms with Crippen LogP contribution in [0.15, 0.2) is 30.3 Å². The first-order valence-electron chi connectivity index (χ1n) is 5.53. The van der Waals surface area contributed by atoms with Crippen molar-refractivity contribution in [1.82, 2.24) is 0 Å². The smallest absolute Gasteiger partial charge is 0.307 e. The Kier molecular flexibility index (Phi) is 4.82. The Bertz CT molecular complexity index is 660. The molecule has 1 N–H and O–H groups in total. The molecule has 0 amide bonds. The summed E-state index contributed by atoms with van der Waals surface area (Å²) in [6.45, 7) is 0. The van der Waals surface area contributed by atoms with E-state index in [9.17, 15) is 4.79 Å². The fourth-order valence-corrected chi connectivity index (χ4v) is 3.09. The lowest BCUT2D eigenvalue weighted by atomic mass is 9.97. The monoisotopic (exact) mass is 348 g/mol. The van der Waals surface area contributed by atoms with Crippen LogP contribution in [-0.2, 0) is 11.2 Å². The molecule has 0 bridgehead atoms. The van der Waals surface area contributed by atoms with Crippen LogP contribution in [0.2, 0.25) is 20.1 Å². The summed E-state index contributed by atoms with van der Waals surface area (Å²) in [6, 6.07) is 8.01. The van der Waals surface area contributed by atoms with E-state index in [1.165, 1.54) is 0 Å². The number of hydrogen-bond donors (Lipinski definition) is 1. The summed E-state index contributed by atoms with van der Waals surface area (Å²) in [5.41, 5.74) is 1.69. The average Bonchev–Trinajstić information content (AvgIpc) is 2.30. The van der Waals surface area contributed by atoms with Gasteiger partial charge < -0.3 is 5.11 Å². The van der Waals surface area contributed by atoms with Crippen LogP contribution in [0.25, 0.3) is 11.1 Å². The summed E-state index contributed by atoms with van der Waals surface area (Å²) in [5, 5.41) is 10.5. The molecule has 6 heteroatoms. The van der Waals surface area contributed by atoms with Crippen LogP contribution in [-0.4, -0.2) is 11.1 Å². The molecule has 0 spiro atoms. The number of rotatable bonds is 3. The number of benzene rings is 2. The summed E-state index contributed by atoms with van der Waals surface area (Å²) < 4.78 is 0. The van der Waals surface area contributed by atoms with Crippen molar-refractivity contribution in [2.45, 2.75) is 6.42 Å². The molecule has 0 aliphatic rings. The molecular formula is C14H8Cl4O2. The molecule has 0 aromatic heterocycles. The Hall–Kier alpha value is -0.930. The van der Waals surface area contributed by atoms with Crippen molar-refractivity contribution in [3.63, 3.8) is 0 Å². The SMILES string of the molecule is O=C(O)Cc1ccc(Cl)cc1-c1c(Cl)cc(Cl)cc1Cl. The number of carboxylic acid groups (broad SMARTS) is 1. The van der Waals surface area contributed by atoms with Gasteiger partial charge in [-0.1, -0.05) is 52.5 Å². The molecule has 0 aliphatic carbocycles. The van der Waals surface area contributed by atoms with Crippen molar-refractivity contribution >= 4 is 52.4 Å². The molecular weight excluding hydrogens is 342 g/mol. The molecule has 2 rings (SSSR count). The molecule has 0 fully saturated rings. The molecule has 0 radical (unpaired) electrons. The summed E-state index contributed by atoms with van der Waals surface area (Å²) in [4.78, 5) is 10.9. The fraction of sp³-hybridized carbons (Fsp3) is 0.0714. The lowest BCUT2D eigenvalue weighted by Crippen LogP contribution is -2.02. The molecule has 104 valence electrons. The van der Waals surface area contributed by atoms with Gasteiger partial charge in [0.05, 0.1) is 16.5 Å². The maximum Gasteiger partial charge on any atom is 0.307 e. The number of aliphatic carboxylic acids is 1. The molecule has 0 unspecified atom stereocenters. The van der Waals surface area contributed by atoms with Crippen LogP contribution >= 0.6 is 46.4 Å². The van der Waals surface area contributed by atoms with Crippen molar-refractivity contribution in [3.8, 4) is 11.1 Å². The average molecular weight is 350 g/mol. The van der Waals surface area contributed by atoms with Crippen molar-refractivity contribution in [1.29, 1.82) is 0 Å². The first kappa shape index (κ1) is 15.5. The predicted molar refractivity (Wildman–Crippen MR) is 83.3 cm³/mol. The van der Waals surface area contributed by atoms with Crippen LogP contribution in [0.5, 0.6) is 0 Å². The third kappa shape index (κ3) is 3.39. The second-order valence-corrected chi connectivity index (χ2v) is 5.80. The summed E-state index contributed by atoms with van der Waals surface area (Å²) in [6.07, 6.45) is -0.151. The van der Waals surface area contributed by atoms with Gasteiger partial charge in [-0.15, -0.1) is 0 Å². The number of carboxylic acids is 1. The Morgan fingerprint density at radius 2 is 1.55 bits per heavy atom. The third-order valence-electron chi connectivity index (χ3n) is 2.69. The largest absolute Gasteiger partial charge is 0.481 e. The number of hydrogen-bond acceptors (Lipinski definition) is 1. The summed E-state index contributed by atoms with van der Waals surface area (Å²) in [5.74, 6) is -0.949. The quantitative estimate of drug-likeness (QED) is 0.783. The van der Waals surface area contributed by atoms with E-state index >= 15 is 0 Å². The first-order valence-corrected chi connectivity index (χ1v) is 7.05. The summed E-state index contributed by atoms with van der Waals surface area (Å²) in [7, 11) is 0. The molecule has 2 nitrogen and oxygen atoms in total. The highest BCUT2D eigenvalue weighted by molar-refractivity contribution is 6.42. The Labute approximate surface area is 135 Å². The normalized spacial score (nSPS) is 10.6. The maximum absolute atomic E-state index is 10.9. The van der Waals surface area contributed by atoms with Crippen LogP contribution in [0.3, 0.4) is 0 Å². The molecule has 2 aromatic carbocycles. The molecule has 20 heavy (non-hydrogen) atoms. The van der Waals surface area contributed by atoms with E-state index < -0.39 is 5.97 Å². The van der Waals surface area contributed by atoms with Gasteiger partial charge in [-0.3, -0.25) is 4.79 Å². The molecule has 2 aromatic rings. The van der Waals surface area contributed by atoms with Gasteiger partial charge in [-0.25, -0.2) is 0 Å². The zero-order valence-corrected chi connectivity index (χ0v) is 13.0. The minimum atomic E-state index is -0.949. The van der Waals surface area contributed by atoms with Gasteiger partial charge >= 0.3 is 5.97 Å². The second kappa shape index (κ2) is 6.23. The summed E-state index contributed by atoms with van der Waals surface area (Å²) >= 11 is 24.2. The Morgan fingerprint density at radius 1 is 0.950 bits per heavy atom. The van der Waals surface area contributed by atoms with Crippen LogP contribution in [0, 0.1) is 0 Å². The Balaban J connectivity index is 2.68. The highest BCUT2D eigenvalue weighted by atomic mass is 35.5. The van der Waals surface area contributed by atoms with Crippen molar-refractivity contribution in [2.24, 2.45) is 0 Å². The molecule has 0 heterocycles. The fourth-order valence-electron chi connectivity index (χ4n) is 1.90. The van der Waals surface area contributed by atoms with E-state index in [1.807, 2.05) is 0 Å². The van der Waals surface area contributed by atoms with Crippen molar-refractivity contribution in [3.05, 3.63) is 56.0 Å². The van der Waals surface area contributed by atoms with E-state index in [2.05, 4.69) is 0 Å². The van der Waals surface area contributed by atoms with Gasteiger partial charge in [-0.2, -0.15) is 0 Å². The molecule has 0 saturated heterocycles. The minimum absolute atomic E-state index is 0.151. The van der Waals surface area contributed by atoms with Crippen molar-refractivity contribution in [2.75, 3.05) is 0 Å².